The molecule has 6 nitrogen and oxygen atoms in total. The van der Waals surface area contributed by atoms with Gasteiger partial charge in [0.05, 0.1) is 12.3 Å². The van der Waals surface area contributed by atoms with Crippen LogP contribution in [0.4, 0.5) is 5.69 Å². The van der Waals surface area contributed by atoms with Gasteiger partial charge in [-0.05, 0) is 17.7 Å². The lowest BCUT2D eigenvalue weighted by molar-refractivity contribution is -0.128. The van der Waals surface area contributed by atoms with Crippen LogP contribution in [0.25, 0.3) is 0 Å². The molecule has 0 radical (unpaired) electrons. The van der Waals surface area contributed by atoms with E-state index in [0.717, 1.165) is 0 Å². The lowest BCUT2D eigenvalue weighted by atomic mass is 10.2. The first kappa shape index (κ1) is 16.5. The summed E-state index contributed by atoms with van der Waals surface area (Å²) in [7, 11) is -0.345. The van der Waals surface area contributed by atoms with E-state index in [1.165, 1.54) is 9.21 Å². The van der Waals surface area contributed by atoms with E-state index >= 15 is 0 Å². The van der Waals surface area contributed by atoms with Crippen molar-refractivity contribution in [2.24, 2.45) is 0 Å². The predicted octanol–water partition coefficient (Wildman–Crippen LogP) is 0.509. The van der Waals surface area contributed by atoms with E-state index < -0.39 is 10.0 Å². The minimum atomic E-state index is -3.54. The zero-order valence-electron chi connectivity index (χ0n) is 12.0. The number of anilines is 1. The molecule has 0 aromatic heterocycles. The summed E-state index contributed by atoms with van der Waals surface area (Å²) in [6, 6.07) is 6.74. The van der Waals surface area contributed by atoms with Gasteiger partial charge in [0.25, 0.3) is 0 Å². The third-order valence-electron chi connectivity index (χ3n) is 2.86. The van der Waals surface area contributed by atoms with Crippen molar-refractivity contribution < 1.29 is 13.2 Å². The van der Waals surface area contributed by atoms with Crippen molar-refractivity contribution in [3.8, 4) is 0 Å². The third-order valence-corrected chi connectivity index (χ3v) is 4.73. The monoisotopic (exact) mass is 299 g/mol. The van der Waals surface area contributed by atoms with Gasteiger partial charge >= 0.3 is 0 Å². The second-order valence-corrected chi connectivity index (χ2v) is 6.68. The predicted molar refractivity (Wildman–Crippen MR) is 79.4 cm³/mol. The van der Waals surface area contributed by atoms with Crippen molar-refractivity contribution in [3.05, 3.63) is 29.8 Å². The molecule has 0 aliphatic rings. The topological polar surface area (TPSA) is 83.7 Å². The number of rotatable bonds is 6. The van der Waals surface area contributed by atoms with Crippen LogP contribution in [0.3, 0.4) is 0 Å². The van der Waals surface area contributed by atoms with Gasteiger partial charge in [-0.3, -0.25) is 4.79 Å². The molecule has 2 N–H and O–H groups in total. The summed E-state index contributed by atoms with van der Waals surface area (Å²) in [5.41, 5.74) is 6.77. The van der Waals surface area contributed by atoms with Gasteiger partial charge in [0, 0.05) is 26.3 Å². The van der Waals surface area contributed by atoms with Crippen molar-refractivity contribution >= 4 is 21.6 Å². The summed E-state index contributed by atoms with van der Waals surface area (Å²) >= 11 is 0. The van der Waals surface area contributed by atoms with E-state index in [2.05, 4.69) is 0 Å². The van der Waals surface area contributed by atoms with E-state index in [1.807, 2.05) is 0 Å². The van der Waals surface area contributed by atoms with Gasteiger partial charge < -0.3 is 10.6 Å². The molecule has 7 heteroatoms. The van der Waals surface area contributed by atoms with Crippen LogP contribution >= 0.6 is 0 Å². The Labute approximate surface area is 120 Å². The first-order valence-electron chi connectivity index (χ1n) is 6.28. The van der Waals surface area contributed by atoms with Gasteiger partial charge in [-0.2, -0.15) is 4.31 Å². The molecule has 0 spiro atoms. The van der Waals surface area contributed by atoms with Gasteiger partial charge in [-0.15, -0.1) is 0 Å². The molecule has 0 saturated heterocycles. The summed E-state index contributed by atoms with van der Waals surface area (Å²) < 4.78 is 25.8. The fraction of sp³-hybridized carbons (Fsp3) is 0.462. The summed E-state index contributed by atoms with van der Waals surface area (Å²) in [4.78, 5) is 13.0. The van der Waals surface area contributed by atoms with Crippen LogP contribution in [-0.4, -0.2) is 50.7 Å². The fourth-order valence-electron chi connectivity index (χ4n) is 1.68. The third kappa shape index (κ3) is 4.50. The molecule has 0 unspecified atom stereocenters. The zero-order chi connectivity index (χ0) is 15.3. The Hall–Kier alpha value is -1.60. The lowest BCUT2D eigenvalue weighted by Crippen LogP contribution is -2.40. The Morgan fingerprint density at radius 2 is 1.95 bits per heavy atom. The van der Waals surface area contributed by atoms with Gasteiger partial charge in [-0.1, -0.05) is 19.1 Å². The Balaban J connectivity index is 2.87. The van der Waals surface area contributed by atoms with E-state index in [-0.39, 0.29) is 24.7 Å². The van der Waals surface area contributed by atoms with Gasteiger partial charge in [0.2, 0.25) is 15.9 Å². The number of amides is 1. The van der Waals surface area contributed by atoms with Crippen molar-refractivity contribution in [3.63, 3.8) is 0 Å². The van der Waals surface area contributed by atoms with E-state index in [1.54, 1.807) is 45.3 Å². The Morgan fingerprint density at radius 3 is 2.45 bits per heavy atom. The molecule has 0 bridgehead atoms. The standard InChI is InChI=1S/C13H21N3O3S/c1-4-16(9-13(17)15(2)3)20(18,19)10-11-6-5-7-12(14)8-11/h5-8H,4,9-10,14H2,1-3H3. The van der Waals surface area contributed by atoms with Crippen molar-refractivity contribution in [2.45, 2.75) is 12.7 Å². The van der Waals surface area contributed by atoms with Crippen molar-refractivity contribution in [1.82, 2.24) is 9.21 Å². The number of hydrogen-bond acceptors (Lipinski definition) is 4. The number of carbonyl (C=O) groups excluding carboxylic acids is 1. The lowest BCUT2D eigenvalue weighted by Gasteiger charge is -2.21. The molecule has 1 rings (SSSR count). The number of nitrogens with zero attached hydrogens (tertiary/aromatic N) is 2. The molecule has 1 aromatic carbocycles. The average molecular weight is 299 g/mol. The number of hydrogen-bond donors (Lipinski definition) is 1. The smallest absolute Gasteiger partial charge is 0.237 e. The highest BCUT2D eigenvalue weighted by atomic mass is 32.2. The molecule has 0 heterocycles. The maximum Gasteiger partial charge on any atom is 0.237 e. The molecule has 112 valence electrons. The highest BCUT2D eigenvalue weighted by molar-refractivity contribution is 7.88. The number of likely N-dealkylation sites (N-methyl/N-ethyl adjacent to an activating group) is 2. The Kier molecular flexibility index (Phi) is 5.52. The van der Waals surface area contributed by atoms with Gasteiger partial charge in [0.1, 0.15) is 0 Å². The summed E-state index contributed by atoms with van der Waals surface area (Å²) in [5, 5.41) is 0. The van der Waals surface area contributed by atoms with Crippen LogP contribution in [0.1, 0.15) is 12.5 Å². The normalized spacial score (nSPS) is 11.6. The van der Waals surface area contributed by atoms with Crippen molar-refractivity contribution in [2.75, 3.05) is 32.9 Å². The quantitative estimate of drug-likeness (QED) is 0.776. The zero-order valence-corrected chi connectivity index (χ0v) is 12.9. The maximum atomic E-state index is 12.3. The Bertz CT molecular complexity index is 570. The van der Waals surface area contributed by atoms with E-state index in [0.29, 0.717) is 11.3 Å². The van der Waals surface area contributed by atoms with E-state index in [4.69, 9.17) is 5.73 Å². The minimum absolute atomic E-state index is 0.145. The summed E-state index contributed by atoms with van der Waals surface area (Å²) in [6.45, 7) is 1.82. The molecule has 0 atom stereocenters. The number of sulfonamides is 1. The number of nitrogen functional groups attached to an aromatic ring is 1. The average Bonchev–Trinajstić information content (AvgIpc) is 2.34. The second-order valence-electron chi connectivity index (χ2n) is 4.72. The highest BCUT2D eigenvalue weighted by Gasteiger charge is 2.24. The molecule has 1 aromatic rings. The molecule has 20 heavy (non-hydrogen) atoms. The fourth-order valence-corrected chi connectivity index (χ4v) is 3.17. The first-order valence-corrected chi connectivity index (χ1v) is 7.89. The van der Waals surface area contributed by atoms with Crippen LogP contribution in [-0.2, 0) is 20.6 Å². The largest absolute Gasteiger partial charge is 0.399 e. The molecular weight excluding hydrogens is 278 g/mol. The van der Waals surface area contributed by atoms with Crippen LogP contribution in [0.2, 0.25) is 0 Å². The van der Waals surface area contributed by atoms with Crippen molar-refractivity contribution in [1.29, 1.82) is 0 Å². The van der Waals surface area contributed by atoms with Gasteiger partial charge in [0.15, 0.2) is 0 Å². The molecular formula is C13H21N3O3S. The molecule has 1 amide bonds. The Morgan fingerprint density at radius 1 is 1.30 bits per heavy atom. The van der Waals surface area contributed by atoms with Crippen LogP contribution in [0, 0.1) is 0 Å². The number of carbonyl (C=O) groups is 1. The summed E-state index contributed by atoms with van der Waals surface area (Å²) in [5.74, 6) is -0.407. The van der Waals surface area contributed by atoms with E-state index in [9.17, 15) is 13.2 Å². The molecule has 0 aliphatic carbocycles. The summed E-state index contributed by atoms with van der Waals surface area (Å²) in [6.07, 6.45) is 0. The molecule has 0 aliphatic heterocycles. The van der Waals surface area contributed by atoms with Crippen LogP contribution < -0.4 is 5.73 Å². The SMILES string of the molecule is CCN(CC(=O)N(C)C)S(=O)(=O)Cc1cccc(N)c1. The highest BCUT2D eigenvalue weighted by Crippen LogP contribution is 2.13. The maximum absolute atomic E-state index is 12.3. The van der Waals surface area contributed by atoms with Gasteiger partial charge in [-0.25, -0.2) is 8.42 Å². The molecule has 0 saturated carbocycles. The number of benzene rings is 1. The van der Waals surface area contributed by atoms with Crippen LogP contribution in [0.15, 0.2) is 24.3 Å². The van der Waals surface area contributed by atoms with Crippen LogP contribution in [0.5, 0.6) is 0 Å². The first-order chi connectivity index (χ1) is 9.26. The second kappa shape index (κ2) is 6.71. The number of nitrogens with two attached hydrogens (primary N) is 1. The molecule has 0 fully saturated rings. The minimum Gasteiger partial charge on any atom is -0.399 e.